The number of nitrogens with zero attached hydrogens (tertiary/aromatic N) is 1. The molecule has 0 radical (unpaired) electrons. The van der Waals surface area contributed by atoms with Gasteiger partial charge in [0.25, 0.3) is 0 Å². The number of nitrogens with one attached hydrogen (secondary N) is 1. The predicted octanol–water partition coefficient (Wildman–Crippen LogP) is 3.13. The first-order valence-electron chi connectivity index (χ1n) is 7.50. The van der Waals surface area contributed by atoms with Gasteiger partial charge in [0.2, 0.25) is 11.8 Å². The smallest absolute Gasteiger partial charge is 0.330 e. The number of halogens is 3. The van der Waals surface area contributed by atoms with Gasteiger partial charge in [-0.15, -0.1) is 0 Å². The first-order chi connectivity index (χ1) is 10.8. The number of alkyl halides is 3. The first kappa shape index (κ1) is 17.3. The molecule has 1 heterocycles. The predicted molar refractivity (Wildman–Crippen MR) is 79.9 cm³/mol. The molecule has 0 aliphatic carbocycles. The Hall–Kier alpha value is -2.05. The highest BCUT2D eigenvalue weighted by Gasteiger charge is 2.46. The van der Waals surface area contributed by atoms with Gasteiger partial charge in [0, 0.05) is 19.2 Å². The van der Waals surface area contributed by atoms with E-state index in [1.807, 2.05) is 0 Å². The number of anilines is 1. The van der Waals surface area contributed by atoms with Gasteiger partial charge in [-0.25, -0.2) is 0 Å². The maximum Gasteiger partial charge on any atom is 0.408 e. The third-order valence-corrected chi connectivity index (χ3v) is 3.83. The van der Waals surface area contributed by atoms with Gasteiger partial charge in [-0.3, -0.25) is 9.59 Å². The van der Waals surface area contributed by atoms with Crippen molar-refractivity contribution in [3.63, 3.8) is 0 Å². The Labute approximate surface area is 132 Å². The molecule has 0 bridgehead atoms. The second-order valence-corrected chi connectivity index (χ2v) is 5.70. The zero-order valence-corrected chi connectivity index (χ0v) is 12.8. The molecule has 0 unspecified atom stereocenters. The summed E-state index contributed by atoms with van der Waals surface area (Å²) >= 11 is 0. The molecule has 1 aromatic rings. The number of hydrogen-bond donors (Lipinski definition) is 1. The van der Waals surface area contributed by atoms with Crippen molar-refractivity contribution >= 4 is 17.5 Å². The normalized spacial score (nSPS) is 18.6. The highest BCUT2D eigenvalue weighted by atomic mass is 19.4. The number of piperidine rings is 1. The fourth-order valence-corrected chi connectivity index (χ4v) is 2.76. The van der Waals surface area contributed by atoms with Crippen LogP contribution >= 0.6 is 0 Å². The summed E-state index contributed by atoms with van der Waals surface area (Å²) in [5, 5.41) is 2.59. The van der Waals surface area contributed by atoms with Crippen molar-refractivity contribution in [2.75, 3.05) is 11.9 Å². The van der Waals surface area contributed by atoms with Crippen LogP contribution in [-0.2, 0) is 16.0 Å². The number of rotatable bonds is 3. The number of benzene rings is 1. The van der Waals surface area contributed by atoms with Gasteiger partial charge >= 0.3 is 6.18 Å². The second-order valence-electron chi connectivity index (χ2n) is 5.70. The molecule has 1 fully saturated rings. The summed E-state index contributed by atoms with van der Waals surface area (Å²) in [6.45, 7) is 1.53. The van der Waals surface area contributed by atoms with Crippen molar-refractivity contribution in [3.05, 3.63) is 29.8 Å². The van der Waals surface area contributed by atoms with Crippen LogP contribution < -0.4 is 5.32 Å². The number of likely N-dealkylation sites (tertiary alicyclic amines) is 1. The van der Waals surface area contributed by atoms with Gasteiger partial charge in [-0.1, -0.05) is 12.1 Å². The summed E-state index contributed by atoms with van der Waals surface area (Å²) in [6.07, 6.45) is -3.41. The largest absolute Gasteiger partial charge is 0.408 e. The van der Waals surface area contributed by atoms with E-state index in [9.17, 15) is 22.8 Å². The molecule has 4 nitrogen and oxygen atoms in total. The fourth-order valence-electron chi connectivity index (χ4n) is 2.76. The average molecular weight is 328 g/mol. The Morgan fingerprint density at radius 2 is 1.87 bits per heavy atom. The Morgan fingerprint density at radius 1 is 1.22 bits per heavy atom. The third kappa shape index (κ3) is 4.71. The maximum absolute atomic E-state index is 13.0. The van der Waals surface area contributed by atoms with E-state index in [1.54, 1.807) is 24.3 Å². The number of carbonyl (C=O) groups excluding carboxylic acids is 2. The second kappa shape index (κ2) is 7.02. The molecule has 0 spiro atoms. The van der Waals surface area contributed by atoms with E-state index >= 15 is 0 Å². The van der Waals surface area contributed by atoms with E-state index in [-0.39, 0.29) is 25.3 Å². The van der Waals surface area contributed by atoms with E-state index in [1.165, 1.54) is 6.92 Å². The number of amides is 2. The standard InChI is InChI=1S/C16H19F3N2O2/c1-11(22)20-13-7-5-12(6-8-13)10-15(23)21-9-3-2-4-14(21)16(17,18)19/h5-8,14H,2-4,9-10H2,1H3,(H,20,22)/t14-/m0/s1. The van der Waals surface area contributed by atoms with Crippen LogP contribution in [0.15, 0.2) is 24.3 Å². The Morgan fingerprint density at radius 3 is 2.43 bits per heavy atom. The van der Waals surface area contributed by atoms with E-state index in [0.717, 1.165) is 4.90 Å². The van der Waals surface area contributed by atoms with Crippen molar-refractivity contribution in [1.29, 1.82) is 0 Å². The van der Waals surface area contributed by atoms with Crippen LogP contribution in [-0.4, -0.2) is 35.5 Å². The van der Waals surface area contributed by atoms with Crippen LogP contribution in [0.4, 0.5) is 18.9 Å². The van der Waals surface area contributed by atoms with Gasteiger partial charge in [0.05, 0.1) is 6.42 Å². The lowest BCUT2D eigenvalue weighted by Crippen LogP contribution is -2.51. The van der Waals surface area contributed by atoms with Crippen LogP contribution in [0.1, 0.15) is 31.7 Å². The zero-order chi connectivity index (χ0) is 17.0. The van der Waals surface area contributed by atoms with Crippen LogP contribution in [0.2, 0.25) is 0 Å². The summed E-state index contributed by atoms with van der Waals surface area (Å²) < 4.78 is 39.1. The molecule has 1 aliphatic rings. The molecule has 0 saturated carbocycles. The Kier molecular flexibility index (Phi) is 5.28. The lowest BCUT2D eigenvalue weighted by atomic mass is 10.0. The molecule has 1 aliphatic heterocycles. The molecule has 1 aromatic carbocycles. The minimum atomic E-state index is -4.38. The molecular weight excluding hydrogens is 309 g/mol. The minimum Gasteiger partial charge on any atom is -0.330 e. The molecule has 1 atom stereocenters. The molecule has 0 aromatic heterocycles. The summed E-state index contributed by atoms with van der Waals surface area (Å²) in [6, 6.07) is 4.84. The summed E-state index contributed by atoms with van der Waals surface area (Å²) in [4.78, 5) is 24.1. The quantitative estimate of drug-likeness (QED) is 0.927. The van der Waals surface area contributed by atoms with Gasteiger partial charge in [-0.2, -0.15) is 13.2 Å². The first-order valence-corrected chi connectivity index (χ1v) is 7.50. The highest BCUT2D eigenvalue weighted by molar-refractivity contribution is 5.88. The topological polar surface area (TPSA) is 49.4 Å². The Balaban J connectivity index is 2.03. The molecule has 1 N–H and O–H groups in total. The molecule has 7 heteroatoms. The average Bonchev–Trinajstić information content (AvgIpc) is 2.48. The van der Waals surface area contributed by atoms with Gasteiger partial charge in [0.1, 0.15) is 6.04 Å². The van der Waals surface area contributed by atoms with E-state index in [2.05, 4.69) is 5.32 Å². The van der Waals surface area contributed by atoms with E-state index in [0.29, 0.717) is 24.1 Å². The molecule has 2 rings (SSSR count). The maximum atomic E-state index is 13.0. The molecule has 23 heavy (non-hydrogen) atoms. The third-order valence-electron chi connectivity index (χ3n) is 3.83. The van der Waals surface area contributed by atoms with Crippen LogP contribution in [0, 0.1) is 0 Å². The van der Waals surface area contributed by atoms with Crippen LogP contribution in [0.3, 0.4) is 0 Å². The summed E-state index contributed by atoms with van der Waals surface area (Å²) in [5.41, 5.74) is 1.20. The van der Waals surface area contributed by atoms with E-state index in [4.69, 9.17) is 0 Å². The Bertz CT molecular complexity index is 570. The monoisotopic (exact) mass is 328 g/mol. The highest BCUT2D eigenvalue weighted by Crippen LogP contribution is 2.32. The lowest BCUT2D eigenvalue weighted by Gasteiger charge is -2.36. The van der Waals surface area contributed by atoms with Gasteiger partial charge in [0.15, 0.2) is 0 Å². The van der Waals surface area contributed by atoms with Crippen molar-refractivity contribution in [2.24, 2.45) is 0 Å². The lowest BCUT2D eigenvalue weighted by molar-refractivity contribution is -0.195. The molecule has 1 saturated heterocycles. The van der Waals surface area contributed by atoms with Crippen molar-refractivity contribution in [1.82, 2.24) is 4.90 Å². The van der Waals surface area contributed by atoms with Crippen molar-refractivity contribution in [2.45, 2.75) is 44.8 Å². The minimum absolute atomic E-state index is 0.0310. The molecule has 2 amide bonds. The summed E-state index contributed by atoms with van der Waals surface area (Å²) in [5.74, 6) is -0.727. The van der Waals surface area contributed by atoms with Crippen molar-refractivity contribution < 1.29 is 22.8 Å². The van der Waals surface area contributed by atoms with Gasteiger partial charge in [-0.05, 0) is 37.0 Å². The van der Waals surface area contributed by atoms with Gasteiger partial charge < -0.3 is 10.2 Å². The van der Waals surface area contributed by atoms with Crippen LogP contribution in [0.5, 0.6) is 0 Å². The summed E-state index contributed by atoms with van der Waals surface area (Å²) in [7, 11) is 0. The van der Waals surface area contributed by atoms with Crippen molar-refractivity contribution in [3.8, 4) is 0 Å². The van der Waals surface area contributed by atoms with E-state index < -0.39 is 18.1 Å². The fraction of sp³-hybridized carbons (Fsp3) is 0.500. The SMILES string of the molecule is CC(=O)Nc1ccc(CC(=O)N2CCCC[C@H]2C(F)(F)F)cc1. The number of hydrogen-bond acceptors (Lipinski definition) is 2. The number of carbonyl (C=O) groups is 2. The molecule has 126 valence electrons. The molecular formula is C16H19F3N2O2. The van der Waals surface area contributed by atoms with Crippen LogP contribution in [0.25, 0.3) is 0 Å². The zero-order valence-electron chi connectivity index (χ0n) is 12.8.